The van der Waals surface area contributed by atoms with E-state index in [1.54, 1.807) is 24.4 Å². The first kappa shape index (κ1) is 21.1. The van der Waals surface area contributed by atoms with Crippen molar-refractivity contribution < 1.29 is 17.6 Å². The van der Waals surface area contributed by atoms with Crippen LogP contribution in [0.5, 0.6) is 5.75 Å². The highest BCUT2D eigenvalue weighted by atomic mass is 32.2. The van der Waals surface area contributed by atoms with Gasteiger partial charge in [0.15, 0.2) is 5.11 Å². The van der Waals surface area contributed by atoms with Gasteiger partial charge in [0.2, 0.25) is 10.0 Å². The van der Waals surface area contributed by atoms with Crippen LogP contribution in [0.3, 0.4) is 0 Å². The van der Waals surface area contributed by atoms with Gasteiger partial charge < -0.3 is 19.4 Å². The quantitative estimate of drug-likeness (QED) is 0.542. The summed E-state index contributed by atoms with van der Waals surface area (Å²) >= 11 is 5.68. The second-order valence-corrected chi connectivity index (χ2v) is 9.34. The average Bonchev–Trinajstić information content (AvgIpc) is 3.30. The lowest BCUT2D eigenvalue weighted by Crippen LogP contribution is -2.29. The third-order valence-corrected chi connectivity index (χ3v) is 5.81. The minimum absolute atomic E-state index is 0.237. The van der Waals surface area contributed by atoms with Crippen LogP contribution in [0.1, 0.15) is 29.3 Å². The molecule has 1 aliphatic rings. The van der Waals surface area contributed by atoms with Crippen molar-refractivity contribution in [1.82, 2.24) is 10.3 Å². The molecule has 1 aliphatic heterocycles. The van der Waals surface area contributed by atoms with Gasteiger partial charge in [-0.25, -0.2) is 8.42 Å². The second kappa shape index (κ2) is 8.20. The minimum atomic E-state index is -3.45. The van der Waals surface area contributed by atoms with E-state index in [2.05, 4.69) is 15.0 Å². The highest BCUT2D eigenvalue weighted by molar-refractivity contribution is 7.92. The maximum atomic E-state index is 11.7. The molecule has 1 aromatic carbocycles. The predicted molar refractivity (Wildman–Crippen MR) is 123 cm³/mol. The van der Waals surface area contributed by atoms with E-state index < -0.39 is 10.0 Å². The Kier molecular flexibility index (Phi) is 5.59. The molecule has 4 rings (SSSR count). The molecule has 2 aromatic heterocycles. The molecule has 0 spiro atoms. The number of aromatic nitrogens is 1. The Morgan fingerprint density at radius 2 is 2.03 bits per heavy atom. The molecular weight excluding hydrogens is 436 g/mol. The third-order valence-electron chi connectivity index (χ3n) is 4.91. The summed E-state index contributed by atoms with van der Waals surface area (Å²) in [4.78, 5) is 6.43. The van der Waals surface area contributed by atoms with Gasteiger partial charge in [-0.15, -0.1) is 0 Å². The van der Waals surface area contributed by atoms with Crippen molar-refractivity contribution in [3.63, 3.8) is 0 Å². The zero-order valence-electron chi connectivity index (χ0n) is 17.2. The van der Waals surface area contributed by atoms with E-state index in [9.17, 15) is 8.42 Å². The van der Waals surface area contributed by atoms with Gasteiger partial charge >= 0.3 is 0 Å². The fourth-order valence-corrected chi connectivity index (χ4v) is 4.56. The van der Waals surface area contributed by atoms with Crippen LogP contribution in [-0.4, -0.2) is 31.9 Å². The summed E-state index contributed by atoms with van der Waals surface area (Å²) in [5, 5.41) is 3.85. The fraction of sp³-hybridized carbons (Fsp3) is 0.238. The SMILES string of the molecule is COc1cc(N2C(=S)N[C@H](c3ccccn3)[C@@H]2c2ccc(C)o2)ccc1NS(C)(=O)=O. The summed E-state index contributed by atoms with van der Waals surface area (Å²) in [6.07, 6.45) is 2.83. The predicted octanol–water partition coefficient (Wildman–Crippen LogP) is 3.54. The number of furan rings is 1. The molecule has 1 fully saturated rings. The molecule has 162 valence electrons. The molecule has 0 aliphatic carbocycles. The number of methoxy groups -OCH3 is 1. The Morgan fingerprint density at radius 1 is 1.23 bits per heavy atom. The Balaban J connectivity index is 1.79. The number of nitrogens with one attached hydrogen (secondary N) is 2. The molecule has 3 heterocycles. The Labute approximate surface area is 186 Å². The molecule has 0 bridgehead atoms. The monoisotopic (exact) mass is 458 g/mol. The van der Waals surface area contributed by atoms with Crippen LogP contribution in [0.4, 0.5) is 11.4 Å². The van der Waals surface area contributed by atoms with Crippen molar-refractivity contribution in [1.29, 1.82) is 0 Å². The second-order valence-electron chi connectivity index (χ2n) is 7.20. The zero-order chi connectivity index (χ0) is 22.2. The molecule has 0 unspecified atom stereocenters. The molecule has 10 heteroatoms. The Morgan fingerprint density at radius 3 is 2.65 bits per heavy atom. The van der Waals surface area contributed by atoms with E-state index in [0.717, 1.165) is 29.2 Å². The van der Waals surface area contributed by atoms with Crippen molar-refractivity contribution >= 4 is 38.7 Å². The smallest absolute Gasteiger partial charge is 0.229 e. The first-order chi connectivity index (χ1) is 14.8. The third kappa shape index (κ3) is 4.35. The van der Waals surface area contributed by atoms with Crippen molar-refractivity contribution in [2.45, 2.75) is 19.0 Å². The molecule has 0 radical (unpaired) electrons. The van der Waals surface area contributed by atoms with E-state index >= 15 is 0 Å². The number of ether oxygens (including phenoxy) is 1. The molecule has 0 amide bonds. The summed E-state index contributed by atoms with van der Waals surface area (Å²) in [5.41, 5.74) is 1.90. The van der Waals surface area contributed by atoms with Crippen molar-refractivity contribution in [3.8, 4) is 5.75 Å². The summed E-state index contributed by atoms with van der Waals surface area (Å²) in [6.45, 7) is 1.89. The molecule has 8 nitrogen and oxygen atoms in total. The van der Waals surface area contributed by atoms with Crippen LogP contribution in [0.15, 0.2) is 59.1 Å². The van der Waals surface area contributed by atoms with E-state index in [1.165, 1.54) is 7.11 Å². The van der Waals surface area contributed by atoms with Crippen LogP contribution < -0.4 is 19.7 Å². The van der Waals surface area contributed by atoms with Crippen LogP contribution in [0.25, 0.3) is 0 Å². The number of thiocarbonyl (C=S) groups is 1. The summed E-state index contributed by atoms with van der Waals surface area (Å²) in [5.74, 6) is 1.90. The molecule has 3 aromatic rings. The highest BCUT2D eigenvalue weighted by Gasteiger charge is 2.42. The van der Waals surface area contributed by atoms with Crippen molar-refractivity contribution in [2.24, 2.45) is 0 Å². The molecule has 0 saturated carbocycles. The number of sulfonamides is 1. The van der Waals surface area contributed by atoms with Gasteiger partial charge in [-0.3, -0.25) is 9.71 Å². The van der Waals surface area contributed by atoms with Crippen molar-refractivity contribution in [3.05, 3.63) is 71.9 Å². The summed E-state index contributed by atoms with van der Waals surface area (Å²) in [6, 6.07) is 14.2. The number of pyridine rings is 1. The number of nitrogens with zero attached hydrogens (tertiary/aromatic N) is 2. The van der Waals surface area contributed by atoms with E-state index in [4.69, 9.17) is 21.4 Å². The van der Waals surface area contributed by atoms with E-state index in [0.29, 0.717) is 16.5 Å². The topological polar surface area (TPSA) is 96.7 Å². The van der Waals surface area contributed by atoms with E-state index in [-0.39, 0.29) is 12.1 Å². The average molecular weight is 459 g/mol. The van der Waals surface area contributed by atoms with Gasteiger partial charge in [0.05, 0.1) is 30.8 Å². The van der Waals surface area contributed by atoms with Gasteiger partial charge in [-0.2, -0.15) is 0 Å². The Bertz CT molecular complexity index is 1210. The van der Waals surface area contributed by atoms with Crippen LogP contribution in [0.2, 0.25) is 0 Å². The lowest BCUT2D eigenvalue weighted by atomic mass is 10.0. The first-order valence-electron chi connectivity index (χ1n) is 9.49. The molecule has 2 atom stereocenters. The number of hydrogen-bond acceptors (Lipinski definition) is 6. The first-order valence-corrected chi connectivity index (χ1v) is 11.8. The zero-order valence-corrected chi connectivity index (χ0v) is 18.8. The van der Waals surface area contributed by atoms with Gasteiger partial charge in [0, 0.05) is 18.0 Å². The molecule has 31 heavy (non-hydrogen) atoms. The fourth-order valence-electron chi connectivity index (χ4n) is 3.65. The maximum absolute atomic E-state index is 11.7. The normalized spacial score (nSPS) is 18.7. The maximum Gasteiger partial charge on any atom is 0.229 e. The van der Waals surface area contributed by atoms with Gasteiger partial charge in [0.1, 0.15) is 23.3 Å². The van der Waals surface area contributed by atoms with Gasteiger partial charge in [-0.1, -0.05) is 6.07 Å². The summed E-state index contributed by atoms with van der Waals surface area (Å²) in [7, 11) is -1.97. The summed E-state index contributed by atoms with van der Waals surface area (Å²) < 4.78 is 37.2. The van der Waals surface area contributed by atoms with Crippen LogP contribution in [0, 0.1) is 6.92 Å². The van der Waals surface area contributed by atoms with E-state index in [1.807, 2.05) is 42.2 Å². The largest absolute Gasteiger partial charge is 0.494 e. The lowest BCUT2D eigenvalue weighted by molar-refractivity contribution is 0.413. The van der Waals surface area contributed by atoms with Gasteiger partial charge in [-0.05, 0) is 55.5 Å². The molecular formula is C21H22N4O4S2. The highest BCUT2D eigenvalue weighted by Crippen LogP contribution is 2.43. The lowest BCUT2D eigenvalue weighted by Gasteiger charge is -2.26. The number of rotatable bonds is 6. The van der Waals surface area contributed by atoms with Crippen molar-refractivity contribution in [2.75, 3.05) is 23.0 Å². The Hall–Kier alpha value is -3.11. The number of aryl methyl sites for hydroxylation is 1. The minimum Gasteiger partial charge on any atom is -0.494 e. The standard InChI is InChI=1S/C21H22N4O4S2/c1-13-7-10-17(29-13)20-19(16-6-4-5-11-22-16)23-21(30)25(20)14-8-9-15(18(12-14)28-2)24-31(3,26)27/h4-12,19-20,24H,1-3H3,(H,23,30)/t19-,20+/m1/s1. The number of anilines is 2. The van der Waals surface area contributed by atoms with Crippen LogP contribution in [-0.2, 0) is 10.0 Å². The van der Waals surface area contributed by atoms with Gasteiger partial charge in [0.25, 0.3) is 0 Å². The number of hydrogen-bond donors (Lipinski definition) is 2. The molecule has 2 N–H and O–H groups in total. The number of benzene rings is 1. The van der Waals surface area contributed by atoms with Crippen LogP contribution >= 0.6 is 12.2 Å². The molecule has 1 saturated heterocycles.